The third kappa shape index (κ3) is 13.1. The van der Waals surface area contributed by atoms with Gasteiger partial charge in [-0.3, -0.25) is 28.3 Å². The van der Waals surface area contributed by atoms with Crippen molar-refractivity contribution in [3.63, 3.8) is 0 Å². The van der Waals surface area contributed by atoms with Crippen LogP contribution in [0.1, 0.15) is 79.7 Å². The number of likely N-dealkylation sites (N-methyl/N-ethyl adjacent to an activating group) is 2. The van der Waals surface area contributed by atoms with Gasteiger partial charge in [-0.2, -0.15) is 0 Å². The molecular weight excluding hydrogens is 701 g/mol. The third-order valence-corrected chi connectivity index (χ3v) is 11.0. The van der Waals surface area contributed by atoms with Gasteiger partial charge < -0.3 is 40.1 Å². The maximum absolute atomic E-state index is 14.2. The zero-order chi connectivity index (χ0) is 40.0. The van der Waals surface area contributed by atoms with Gasteiger partial charge in [-0.15, -0.1) is 0 Å². The van der Waals surface area contributed by atoms with Gasteiger partial charge in [0, 0.05) is 34.2 Å². The fourth-order valence-corrected chi connectivity index (χ4v) is 7.80. The number of benzene rings is 1. The van der Waals surface area contributed by atoms with Crippen molar-refractivity contribution < 1.29 is 42.6 Å². The van der Waals surface area contributed by atoms with Gasteiger partial charge in [-0.05, 0) is 43.2 Å². The van der Waals surface area contributed by atoms with Crippen LogP contribution in [0.5, 0.6) is 0 Å². The van der Waals surface area contributed by atoms with Gasteiger partial charge in [0.1, 0.15) is 12.3 Å². The van der Waals surface area contributed by atoms with Gasteiger partial charge in [0.2, 0.25) is 23.6 Å². The molecule has 53 heavy (non-hydrogen) atoms. The predicted molar refractivity (Wildman–Crippen MR) is 205 cm³/mol. The number of ether oxygens (including phenoxy) is 2. The Morgan fingerprint density at radius 2 is 1.58 bits per heavy atom. The maximum atomic E-state index is 14.2. The monoisotopic (exact) mass is 767 g/mol. The minimum atomic E-state index is -3.35. The highest BCUT2D eigenvalue weighted by Crippen LogP contribution is 2.30. The lowest BCUT2D eigenvalue weighted by atomic mass is 9.89. The number of hydrogen-bond acceptors (Lipinski definition) is 9. The molecule has 4 N–H and O–H groups in total. The fraction of sp³-hybridized carbons (Fsp3) is 0.737. The van der Waals surface area contributed by atoms with E-state index in [0.29, 0.717) is 19.4 Å². The topological polar surface area (TPSA) is 176 Å². The van der Waals surface area contributed by atoms with Crippen molar-refractivity contribution in [1.82, 2.24) is 25.8 Å². The Labute approximate surface area is 317 Å². The Kier molecular flexibility index (Phi) is 19.6. The number of nitrogens with zero attached hydrogens (tertiary/aromatic N) is 2. The number of nitrogens with one attached hydrogen (secondary N) is 3. The van der Waals surface area contributed by atoms with Crippen molar-refractivity contribution in [3.8, 4) is 0 Å². The van der Waals surface area contributed by atoms with Crippen LogP contribution >= 0.6 is 8.25 Å². The van der Waals surface area contributed by atoms with E-state index in [2.05, 4.69) is 16.0 Å². The molecule has 10 atom stereocenters. The average molecular weight is 768 g/mol. The molecule has 1 aliphatic heterocycles. The average Bonchev–Trinajstić information content (AvgIpc) is 3.59. The van der Waals surface area contributed by atoms with Crippen molar-refractivity contribution in [1.29, 1.82) is 0 Å². The summed E-state index contributed by atoms with van der Waals surface area (Å²) in [5, 5.41) is 8.76. The summed E-state index contributed by atoms with van der Waals surface area (Å²) in [4.78, 5) is 67.9. The zero-order valence-electron chi connectivity index (χ0n) is 33.6. The van der Waals surface area contributed by atoms with E-state index in [-0.39, 0.29) is 48.3 Å². The number of carbonyl (C=O) groups excluding carboxylic acids is 4. The highest BCUT2D eigenvalue weighted by molar-refractivity contribution is 7.32. The first-order chi connectivity index (χ1) is 25.0. The van der Waals surface area contributed by atoms with Crippen LogP contribution in [0.25, 0.3) is 0 Å². The van der Waals surface area contributed by atoms with Crippen molar-refractivity contribution >= 4 is 31.9 Å². The largest absolute Gasteiger partial charge is 0.379 e. The molecule has 0 spiro atoms. The first kappa shape index (κ1) is 46.3. The standard InChI is InChI=1S/C38H66N5O9P/c1-12-25(6)34(42(9)38(47)33(24(4)5)41-37(46)32(39-8)23(2)3)29(50-10)22-31(44)43-20-16-19-28(43)35(51-11)26(7)36(45)40-30(52-53(48)49)21-27-17-14-13-15-18-27/h13-15,17-18,23-26,28-30,32-35,39,53H,12,16,19-22H2,1-11H3,(H,40,45)(H,41,46)(H,48,49)/t25?,26-,28-,29+,30-,32-,33-,34-,35+/m0/s1. The number of hydrogen-bond donors (Lipinski definition) is 4. The molecule has 2 unspecified atom stereocenters. The molecule has 0 radical (unpaired) electrons. The van der Waals surface area contributed by atoms with Crippen molar-refractivity contribution in [2.75, 3.05) is 34.9 Å². The first-order valence-electron chi connectivity index (χ1n) is 18.9. The van der Waals surface area contributed by atoms with E-state index in [1.807, 2.05) is 71.9 Å². The Morgan fingerprint density at radius 3 is 2.09 bits per heavy atom. The third-order valence-electron chi connectivity index (χ3n) is 10.6. The van der Waals surface area contributed by atoms with Crippen LogP contribution in [-0.4, -0.2) is 116 Å². The summed E-state index contributed by atoms with van der Waals surface area (Å²) in [7, 11) is 3.11. The molecule has 302 valence electrons. The molecule has 1 fully saturated rings. The van der Waals surface area contributed by atoms with Gasteiger partial charge in [-0.25, -0.2) is 0 Å². The molecular formula is C38H66N5O9P. The summed E-state index contributed by atoms with van der Waals surface area (Å²) >= 11 is 0. The van der Waals surface area contributed by atoms with Gasteiger partial charge in [0.15, 0.2) is 0 Å². The smallest absolute Gasteiger partial charge is 0.318 e. The second kappa shape index (κ2) is 22.5. The fourth-order valence-electron chi connectivity index (χ4n) is 7.41. The summed E-state index contributed by atoms with van der Waals surface area (Å²) in [6.45, 7) is 13.9. The number of rotatable bonds is 22. The highest BCUT2D eigenvalue weighted by atomic mass is 31.1. The van der Waals surface area contributed by atoms with E-state index >= 15 is 0 Å². The van der Waals surface area contributed by atoms with Gasteiger partial charge >= 0.3 is 8.25 Å². The van der Waals surface area contributed by atoms with Crippen molar-refractivity contribution in [3.05, 3.63) is 35.9 Å². The second-order valence-corrected chi connectivity index (χ2v) is 15.7. The van der Waals surface area contributed by atoms with E-state index in [0.717, 1.165) is 12.0 Å². The number of amides is 4. The van der Waals surface area contributed by atoms with Crippen LogP contribution in [-0.2, 0) is 44.2 Å². The van der Waals surface area contributed by atoms with Crippen molar-refractivity contribution in [2.45, 2.75) is 123 Å². The minimum absolute atomic E-state index is 0.0116. The van der Waals surface area contributed by atoms with E-state index in [9.17, 15) is 28.6 Å². The molecule has 0 aliphatic carbocycles. The van der Waals surface area contributed by atoms with Crippen molar-refractivity contribution in [2.24, 2.45) is 23.7 Å². The Hall–Kier alpha value is -2.87. The van der Waals surface area contributed by atoms with E-state index < -0.39 is 62.7 Å². The molecule has 14 nitrogen and oxygen atoms in total. The van der Waals surface area contributed by atoms with Crippen LogP contribution in [0.4, 0.5) is 0 Å². The quantitative estimate of drug-likeness (QED) is 0.101. The molecule has 1 aromatic carbocycles. The number of carbonyl (C=O) groups is 4. The summed E-state index contributed by atoms with van der Waals surface area (Å²) in [5.41, 5.74) is 0.818. The molecule has 0 aromatic heterocycles. The van der Waals surface area contributed by atoms with Gasteiger partial charge in [-0.1, -0.05) is 85.2 Å². The molecule has 1 aromatic rings. The highest BCUT2D eigenvalue weighted by Gasteiger charge is 2.43. The van der Waals surface area contributed by atoms with Crippen LogP contribution in [0.3, 0.4) is 0 Å². The molecule has 1 saturated heterocycles. The van der Waals surface area contributed by atoms with Crippen LogP contribution < -0.4 is 16.0 Å². The normalized spacial score (nSPS) is 19.8. The SMILES string of the molecule is CCC(C)[C@@H]([C@@H](CC(=O)N1CCC[C@H]1[C@H](OC)[C@H](C)C(=O)N[C@H](Cc1ccccc1)O[PH](=O)O)OC)N(C)C(=O)[C@@H](NC(=O)[C@@H](NC)C(C)C)C(C)C. The van der Waals surface area contributed by atoms with E-state index in [1.165, 1.54) is 14.2 Å². The molecule has 0 bridgehead atoms. The molecule has 15 heteroatoms. The van der Waals surface area contributed by atoms with Gasteiger partial charge in [0.25, 0.3) is 0 Å². The lowest BCUT2D eigenvalue weighted by Crippen LogP contribution is -2.59. The summed E-state index contributed by atoms with van der Waals surface area (Å²) in [6, 6.07) is 7.04. The summed E-state index contributed by atoms with van der Waals surface area (Å²) < 4.78 is 28.7. The lowest BCUT2D eigenvalue weighted by Gasteiger charge is -2.41. The molecule has 4 amide bonds. The lowest BCUT2D eigenvalue weighted by molar-refractivity contribution is -0.148. The Bertz CT molecular complexity index is 1340. The maximum Gasteiger partial charge on any atom is 0.318 e. The van der Waals surface area contributed by atoms with E-state index in [1.54, 1.807) is 30.8 Å². The van der Waals surface area contributed by atoms with Crippen LogP contribution in [0.2, 0.25) is 0 Å². The molecule has 2 rings (SSSR count). The summed E-state index contributed by atoms with van der Waals surface area (Å²) in [6.07, 6.45) is -0.155. The predicted octanol–water partition coefficient (Wildman–Crippen LogP) is 3.38. The second-order valence-electron chi connectivity index (χ2n) is 14.9. The van der Waals surface area contributed by atoms with Gasteiger partial charge in [0.05, 0.1) is 42.7 Å². The summed E-state index contributed by atoms with van der Waals surface area (Å²) in [5.74, 6) is -2.09. The first-order valence-corrected chi connectivity index (χ1v) is 20.1. The molecule has 1 aliphatic rings. The zero-order valence-corrected chi connectivity index (χ0v) is 34.6. The minimum Gasteiger partial charge on any atom is -0.379 e. The van der Waals surface area contributed by atoms with Crippen LogP contribution in [0, 0.1) is 23.7 Å². The van der Waals surface area contributed by atoms with E-state index in [4.69, 9.17) is 14.0 Å². The van der Waals surface area contributed by atoms with Crippen LogP contribution in [0.15, 0.2) is 30.3 Å². The number of methoxy groups -OCH3 is 2. The molecule has 0 saturated carbocycles. The Balaban J connectivity index is 2.27. The number of likely N-dealkylation sites (tertiary alicyclic amines) is 1. The Morgan fingerprint density at radius 1 is 0.962 bits per heavy atom. The molecule has 1 heterocycles.